The number of ether oxygens (including phenoxy) is 3. The highest BCUT2D eigenvalue weighted by molar-refractivity contribution is 8.76. The number of ketones is 1. The quantitative estimate of drug-likeness (QED) is 0.250. The number of carbonyl (C=O) groups excluding carboxylic acids is 1. The molecule has 4 rings (SSSR count). The van der Waals surface area contributed by atoms with E-state index in [1.54, 1.807) is 13.0 Å². The number of carbonyl (C=O) groups is 1. The van der Waals surface area contributed by atoms with Crippen LogP contribution in [0.25, 0.3) is 10.8 Å². The predicted octanol–water partition coefficient (Wildman–Crippen LogP) is 0.835. The molecule has 7 atom stereocenters. The van der Waals surface area contributed by atoms with Crippen LogP contribution < -0.4 is 15.2 Å². The predicted molar refractivity (Wildman–Crippen MR) is 147 cm³/mol. The molecular weight excluding hydrogens is 550 g/mol. The van der Waals surface area contributed by atoms with Gasteiger partial charge in [0.25, 0.3) is 0 Å². The van der Waals surface area contributed by atoms with Gasteiger partial charge in [-0.2, -0.15) is 0 Å². The Kier molecular flexibility index (Phi) is 9.89. The van der Waals surface area contributed by atoms with Crippen LogP contribution in [0.5, 0.6) is 17.2 Å². The molecule has 2 aliphatic rings. The number of hydrogen-bond acceptors (Lipinski definition) is 13. The van der Waals surface area contributed by atoms with Crippen LogP contribution >= 0.6 is 21.6 Å². The van der Waals surface area contributed by atoms with Gasteiger partial charge in [0, 0.05) is 29.6 Å². The third kappa shape index (κ3) is 5.83. The number of aliphatic hydroxyl groups is 5. The summed E-state index contributed by atoms with van der Waals surface area (Å²) >= 11 is 0. The summed E-state index contributed by atoms with van der Waals surface area (Å²) < 4.78 is 17.3. The van der Waals surface area contributed by atoms with Crippen LogP contribution in [0.15, 0.2) is 12.1 Å². The Hall–Kier alpha value is -1.81. The number of rotatable bonds is 4. The first-order valence-corrected chi connectivity index (χ1v) is 15.1. The van der Waals surface area contributed by atoms with E-state index in [0.29, 0.717) is 34.4 Å². The van der Waals surface area contributed by atoms with Gasteiger partial charge in [-0.1, -0.05) is 21.6 Å². The summed E-state index contributed by atoms with van der Waals surface area (Å²) in [6.45, 7) is 1.51. The Morgan fingerprint density at radius 2 is 1.85 bits per heavy atom. The van der Waals surface area contributed by atoms with Crippen LogP contribution in [0, 0.1) is 12.8 Å². The molecule has 2 heterocycles. The number of methoxy groups -OCH3 is 1. The van der Waals surface area contributed by atoms with E-state index >= 15 is 0 Å². The van der Waals surface area contributed by atoms with Crippen molar-refractivity contribution in [3.05, 3.63) is 28.8 Å². The summed E-state index contributed by atoms with van der Waals surface area (Å²) in [4.78, 5) is 13.2. The molecule has 0 unspecified atom stereocenters. The Morgan fingerprint density at radius 3 is 2.51 bits per heavy atom. The second-order valence-corrected chi connectivity index (χ2v) is 12.3. The number of phenolic OH excluding ortho intramolecular Hbond substituents is 1. The molecular formula is C26H35NO10S2. The lowest BCUT2D eigenvalue weighted by Crippen LogP contribution is -2.63. The van der Waals surface area contributed by atoms with Gasteiger partial charge in [-0.15, -0.1) is 0 Å². The Labute approximate surface area is 233 Å². The van der Waals surface area contributed by atoms with Crippen LogP contribution in [0.4, 0.5) is 0 Å². The highest BCUT2D eigenvalue weighted by Gasteiger charge is 2.49. The van der Waals surface area contributed by atoms with E-state index in [0.717, 1.165) is 0 Å². The largest absolute Gasteiger partial charge is 0.506 e. The lowest BCUT2D eigenvalue weighted by atomic mass is 9.88. The zero-order valence-corrected chi connectivity index (χ0v) is 23.3. The summed E-state index contributed by atoms with van der Waals surface area (Å²) in [5, 5.41) is 65.2. The highest BCUT2D eigenvalue weighted by atomic mass is 33.1. The van der Waals surface area contributed by atoms with Crippen LogP contribution in [0.1, 0.15) is 34.3 Å². The first-order chi connectivity index (χ1) is 18.6. The van der Waals surface area contributed by atoms with E-state index in [1.807, 2.05) is 0 Å². The highest BCUT2D eigenvalue weighted by Crippen LogP contribution is 2.45. The number of hydrogen-bond donors (Lipinski definition) is 7. The molecule has 1 saturated heterocycles. The molecule has 0 saturated carbocycles. The molecule has 0 spiro atoms. The van der Waals surface area contributed by atoms with E-state index in [-0.39, 0.29) is 46.9 Å². The normalized spacial score (nSPS) is 30.4. The van der Waals surface area contributed by atoms with E-state index in [4.69, 9.17) is 19.9 Å². The number of aryl methyl sites for hydroxylation is 1. The van der Waals surface area contributed by atoms with Gasteiger partial charge in [0.05, 0.1) is 30.8 Å². The average molecular weight is 586 g/mol. The van der Waals surface area contributed by atoms with Crippen LogP contribution in [0.2, 0.25) is 0 Å². The molecule has 1 fully saturated rings. The topological polar surface area (TPSA) is 192 Å². The molecule has 216 valence electrons. The van der Waals surface area contributed by atoms with Crippen molar-refractivity contribution in [2.24, 2.45) is 11.7 Å². The number of aromatic hydroxyl groups is 1. The molecule has 0 aromatic heterocycles. The summed E-state index contributed by atoms with van der Waals surface area (Å²) in [7, 11) is 4.25. The molecule has 4 bridgehead atoms. The Morgan fingerprint density at radius 1 is 1.10 bits per heavy atom. The fraction of sp³-hybridized carbons (Fsp3) is 0.577. The number of benzene rings is 2. The van der Waals surface area contributed by atoms with Crippen LogP contribution in [-0.4, -0.2) is 98.4 Å². The second kappa shape index (κ2) is 12.8. The Balaban J connectivity index is 1.90. The maximum atomic E-state index is 13.2. The minimum atomic E-state index is -1.73. The molecule has 13 heteroatoms. The van der Waals surface area contributed by atoms with Crippen molar-refractivity contribution in [3.63, 3.8) is 0 Å². The van der Waals surface area contributed by atoms with Crippen molar-refractivity contribution in [3.8, 4) is 17.2 Å². The van der Waals surface area contributed by atoms with E-state index in [2.05, 4.69) is 0 Å². The van der Waals surface area contributed by atoms with Crippen molar-refractivity contribution >= 4 is 38.1 Å². The monoisotopic (exact) mass is 585 g/mol. The fourth-order valence-electron chi connectivity index (χ4n) is 5.16. The van der Waals surface area contributed by atoms with Crippen molar-refractivity contribution in [1.82, 2.24) is 0 Å². The molecule has 0 amide bonds. The molecule has 2 aliphatic heterocycles. The minimum absolute atomic E-state index is 0.0537. The second-order valence-electron chi connectivity index (χ2n) is 9.72. The molecule has 2 aromatic rings. The standard InChI is InChI=1S/C26H35NO10S2/c1-11-7-13-14(9-28)16(35-2)8-17-19(13)21(31)18(11)15(29)4-6-38-39-10-12(3-5-27)20(30)25-23(33)22(32)24(34)26(36-17)37-25/h7-8,12,20,22-26,28,30-34H,3-6,9-10,27H2,1-2H3/t12-,20-,22+,23+,24-,25+,26+/m1/s1. The summed E-state index contributed by atoms with van der Waals surface area (Å²) in [6.07, 6.45) is -8.68. The molecule has 8 N–H and O–H groups in total. The van der Waals surface area contributed by atoms with Crippen molar-refractivity contribution in [2.45, 2.75) is 63.2 Å². The molecule has 2 aromatic carbocycles. The molecule has 39 heavy (non-hydrogen) atoms. The SMILES string of the molecule is COc1cc2c3c(O)c(c(C)cc3c1CO)C(=O)CCSSC[C@@H](CCN)[C@@H](O)[C@@H]1O[C@H](O2)[C@H](O)[C@@H](O)[C@@H]1O. The Bertz CT molecular complexity index is 1200. The third-order valence-electron chi connectivity index (χ3n) is 7.27. The van der Waals surface area contributed by atoms with Gasteiger partial charge in [-0.25, -0.2) is 0 Å². The number of phenols is 1. The van der Waals surface area contributed by atoms with E-state index < -0.39 is 49.3 Å². The summed E-state index contributed by atoms with van der Waals surface area (Å²) in [5.74, 6) is -0.0477. The van der Waals surface area contributed by atoms with Gasteiger partial charge in [0.2, 0.25) is 6.29 Å². The maximum absolute atomic E-state index is 13.2. The summed E-state index contributed by atoms with van der Waals surface area (Å²) in [6, 6.07) is 3.03. The van der Waals surface area contributed by atoms with E-state index in [9.17, 15) is 35.4 Å². The number of Topliss-reactive ketones (excluding diaryl/α,β-unsaturated/α-hetero) is 1. The first kappa shape index (κ1) is 30.2. The lowest BCUT2D eigenvalue weighted by molar-refractivity contribution is -0.291. The molecule has 0 radical (unpaired) electrons. The summed E-state index contributed by atoms with van der Waals surface area (Å²) in [5.41, 5.74) is 6.71. The van der Waals surface area contributed by atoms with Gasteiger partial charge in [0.15, 0.2) is 5.78 Å². The number of nitrogens with two attached hydrogens (primary N) is 1. The zero-order valence-electron chi connectivity index (χ0n) is 21.6. The fourth-order valence-corrected chi connectivity index (χ4v) is 7.59. The molecule has 0 aliphatic carbocycles. The average Bonchev–Trinajstić information content (AvgIpc) is 2.91. The van der Waals surface area contributed by atoms with Crippen molar-refractivity contribution < 1.29 is 49.6 Å². The first-order valence-electron chi connectivity index (χ1n) is 12.6. The number of aliphatic hydroxyl groups excluding tert-OH is 5. The van der Waals surface area contributed by atoms with Gasteiger partial charge >= 0.3 is 0 Å². The van der Waals surface area contributed by atoms with Crippen molar-refractivity contribution in [2.75, 3.05) is 25.2 Å². The van der Waals surface area contributed by atoms with Crippen LogP contribution in [0.3, 0.4) is 0 Å². The smallest absolute Gasteiger partial charge is 0.229 e. The minimum Gasteiger partial charge on any atom is -0.506 e. The van der Waals surface area contributed by atoms with Gasteiger partial charge < -0.3 is 50.6 Å². The van der Waals surface area contributed by atoms with E-state index in [1.165, 1.54) is 34.8 Å². The molecule has 11 nitrogen and oxygen atoms in total. The third-order valence-corrected chi connectivity index (χ3v) is 9.78. The van der Waals surface area contributed by atoms with Gasteiger partial charge in [0.1, 0.15) is 41.7 Å². The maximum Gasteiger partial charge on any atom is 0.229 e. The zero-order chi connectivity index (χ0) is 28.4. The van der Waals surface area contributed by atoms with Crippen molar-refractivity contribution in [1.29, 1.82) is 0 Å². The van der Waals surface area contributed by atoms with Gasteiger partial charge in [-0.3, -0.25) is 4.79 Å². The van der Waals surface area contributed by atoms with Gasteiger partial charge in [-0.05, 0) is 42.8 Å². The number of fused-ring (bicyclic) bond motifs is 3. The lowest BCUT2D eigenvalue weighted by Gasteiger charge is -2.43. The van der Waals surface area contributed by atoms with Crippen LogP contribution in [-0.2, 0) is 11.3 Å².